The van der Waals surface area contributed by atoms with E-state index in [2.05, 4.69) is 0 Å². The summed E-state index contributed by atoms with van der Waals surface area (Å²) in [7, 11) is 3.04. The van der Waals surface area contributed by atoms with Crippen LogP contribution in [0.4, 0.5) is 13.2 Å². The van der Waals surface area contributed by atoms with Crippen LogP contribution in [0, 0.1) is 0 Å². The molecule has 0 saturated heterocycles. The molecule has 0 aliphatic carbocycles. The summed E-state index contributed by atoms with van der Waals surface area (Å²) in [5.74, 6) is 0.768. The van der Waals surface area contributed by atoms with Crippen LogP contribution in [-0.4, -0.2) is 31.6 Å². The number of halogens is 3. The molecule has 1 amide bonds. The fourth-order valence-corrected chi connectivity index (χ4v) is 4.46. The van der Waals surface area contributed by atoms with Gasteiger partial charge in [-0.25, -0.2) is 0 Å². The SMILES string of the molecule is CCc1ccc(C(=O)N2CCc3cc(OC)c(OC)cc3[C@H]2c2cccc(C(F)(F)F)c2)cc1. The molecule has 0 bridgehead atoms. The number of carbonyl (C=O) groups excluding carboxylic acids is 1. The molecular formula is C27H26F3NO3. The lowest BCUT2D eigenvalue weighted by atomic mass is 9.86. The minimum Gasteiger partial charge on any atom is -0.493 e. The van der Waals surface area contributed by atoms with E-state index in [4.69, 9.17) is 9.47 Å². The standard InChI is InChI=1S/C27H26F3NO3/c1-4-17-8-10-18(11-9-17)26(32)31-13-12-19-15-23(33-2)24(34-3)16-22(19)25(31)20-6-5-7-21(14-20)27(28,29)30/h5-11,14-16,25H,4,12-13H2,1-3H3/t25-/m1/s1. The first-order chi connectivity index (χ1) is 16.3. The Morgan fingerprint density at radius 1 is 1.00 bits per heavy atom. The highest BCUT2D eigenvalue weighted by molar-refractivity contribution is 5.95. The molecule has 0 radical (unpaired) electrons. The Balaban J connectivity index is 1.86. The molecule has 4 nitrogen and oxygen atoms in total. The third kappa shape index (κ3) is 4.47. The summed E-state index contributed by atoms with van der Waals surface area (Å²) in [6, 6.07) is 15.4. The molecule has 178 valence electrons. The van der Waals surface area contributed by atoms with Crippen molar-refractivity contribution in [2.45, 2.75) is 32.0 Å². The van der Waals surface area contributed by atoms with Crippen LogP contribution in [-0.2, 0) is 19.0 Å². The van der Waals surface area contributed by atoms with Gasteiger partial charge < -0.3 is 14.4 Å². The maximum atomic E-state index is 13.6. The summed E-state index contributed by atoms with van der Waals surface area (Å²) < 4.78 is 51.5. The molecule has 1 atom stereocenters. The average molecular weight is 470 g/mol. The lowest BCUT2D eigenvalue weighted by Crippen LogP contribution is -2.40. The minimum atomic E-state index is -4.49. The van der Waals surface area contributed by atoms with Crippen LogP contribution in [0.15, 0.2) is 60.7 Å². The topological polar surface area (TPSA) is 38.8 Å². The van der Waals surface area contributed by atoms with Crippen molar-refractivity contribution in [3.8, 4) is 11.5 Å². The second-order valence-electron chi connectivity index (χ2n) is 8.23. The van der Waals surface area contributed by atoms with Crippen LogP contribution >= 0.6 is 0 Å². The molecule has 0 spiro atoms. The highest BCUT2D eigenvalue weighted by Crippen LogP contribution is 2.42. The van der Waals surface area contributed by atoms with Crippen molar-refractivity contribution in [3.05, 3.63) is 94.0 Å². The van der Waals surface area contributed by atoms with Gasteiger partial charge in [-0.05, 0) is 71.5 Å². The van der Waals surface area contributed by atoms with E-state index in [1.807, 2.05) is 25.1 Å². The Morgan fingerprint density at radius 3 is 2.29 bits per heavy atom. The zero-order valence-corrected chi connectivity index (χ0v) is 19.3. The predicted molar refractivity (Wildman–Crippen MR) is 123 cm³/mol. The fraction of sp³-hybridized carbons (Fsp3) is 0.296. The van der Waals surface area contributed by atoms with E-state index < -0.39 is 17.8 Å². The Kier molecular flexibility index (Phi) is 6.55. The van der Waals surface area contributed by atoms with Gasteiger partial charge in [-0.3, -0.25) is 4.79 Å². The van der Waals surface area contributed by atoms with Gasteiger partial charge in [0.25, 0.3) is 5.91 Å². The van der Waals surface area contributed by atoms with Crippen molar-refractivity contribution in [3.63, 3.8) is 0 Å². The lowest BCUT2D eigenvalue weighted by Gasteiger charge is -2.38. The van der Waals surface area contributed by atoms with Gasteiger partial charge in [-0.1, -0.05) is 31.2 Å². The second kappa shape index (κ2) is 9.41. The number of nitrogens with zero attached hydrogens (tertiary/aromatic N) is 1. The molecule has 4 rings (SSSR count). The maximum absolute atomic E-state index is 13.6. The number of fused-ring (bicyclic) bond motifs is 1. The molecule has 3 aromatic rings. The first kappa shape index (κ1) is 23.7. The van der Waals surface area contributed by atoms with Gasteiger partial charge in [-0.2, -0.15) is 13.2 Å². The summed E-state index contributed by atoms with van der Waals surface area (Å²) in [6.45, 7) is 2.39. The number of benzene rings is 3. The Bertz CT molecular complexity index is 1190. The van der Waals surface area contributed by atoms with Crippen molar-refractivity contribution in [1.29, 1.82) is 0 Å². The monoisotopic (exact) mass is 469 g/mol. The molecule has 0 unspecified atom stereocenters. The number of hydrogen-bond acceptors (Lipinski definition) is 3. The number of methoxy groups -OCH3 is 2. The summed E-state index contributed by atoms with van der Waals surface area (Å²) in [5.41, 5.74) is 2.87. The number of rotatable bonds is 5. The van der Waals surface area contributed by atoms with Crippen LogP contribution in [0.1, 0.15) is 51.1 Å². The van der Waals surface area contributed by atoms with Crippen molar-refractivity contribution >= 4 is 5.91 Å². The number of alkyl halides is 3. The maximum Gasteiger partial charge on any atom is 0.416 e. The Hall–Kier alpha value is -3.48. The molecule has 7 heteroatoms. The second-order valence-corrected chi connectivity index (χ2v) is 8.23. The molecule has 0 fully saturated rings. The van der Waals surface area contributed by atoms with Gasteiger partial charge >= 0.3 is 6.18 Å². The van der Waals surface area contributed by atoms with Crippen LogP contribution in [0.2, 0.25) is 0 Å². The number of amides is 1. The van der Waals surface area contributed by atoms with E-state index in [1.54, 1.807) is 29.2 Å². The van der Waals surface area contributed by atoms with E-state index in [0.717, 1.165) is 35.2 Å². The Morgan fingerprint density at radius 2 is 1.68 bits per heavy atom. The van der Waals surface area contributed by atoms with Gasteiger partial charge in [0.15, 0.2) is 11.5 Å². The third-order valence-corrected chi connectivity index (χ3v) is 6.27. The van der Waals surface area contributed by atoms with E-state index in [0.29, 0.717) is 35.6 Å². The molecule has 3 aromatic carbocycles. The van der Waals surface area contributed by atoms with Crippen LogP contribution in [0.3, 0.4) is 0 Å². The van der Waals surface area contributed by atoms with Crippen molar-refractivity contribution in [2.75, 3.05) is 20.8 Å². The normalized spacial score (nSPS) is 15.6. The fourth-order valence-electron chi connectivity index (χ4n) is 4.46. The zero-order valence-electron chi connectivity index (χ0n) is 19.3. The molecule has 0 N–H and O–H groups in total. The van der Waals surface area contributed by atoms with Crippen LogP contribution in [0.25, 0.3) is 0 Å². The highest BCUT2D eigenvalue weighted by Gasteiger charge is 2.36. The first-order valence-electron chi connectivity index (χ1n) is 11.1. The van der Waals surface area contributed by atoms with Gasteiger partial charge in [-0.15, -0.1) is 0 Å². The summed E-state index contributed by atoms with van der Waals surface area (Å²) >= 11 is 0. The summed E-state index contributed by atoms with van der Waals surface area (Å²) in [4.78, 5) is 15.2. The van der Waals surface area contributed by atoms with E-state index in [-0.39, 0.29) is 5.91 Å². The third-order valence-electron chi connectivity index (χ3n) is 6.27. The van der Waals surface area contributed by atoms with E-state index >= 15 is 0 Å². The summed E-state index contributed by atoms with van der Waals surface area (Å²) in [6.07, 6.45) is -3.10. The molecule has 0 saturated carbocycles. The average Bonchev–Trinajstić information content (AvgIpc) is 2.86. The molecule has 1 aliphatic heterocycles. The largest absolute Gasteiger partial charge is 0.493 e. The van der Waals surface area contributed by atoms with Gasteiger partial charge in [0, 0.05) is 12.1 Å². The first-order valence-corrected chi connectivity index (χ1v) is 11.1. The molecular weight excluding hydrogens is 443 g/mol. The highest BCUT2D eigenvalue weighted by atomic mass is 19.4. The van der Waals surface area contributed by atoms with Crippen molar-refractivity contribution in [2.24, 2.45) is 0 Å². The quantitative estimate of drug-likeness (QED) is 0.455. The zero-order chi connectivity index (χ0) is 24.5. The molecule has 1 heterocycles. The molecule has 34 heavy (non-hydrogen) atoms. The van der Waals surface area contributed by atoms with Crippen LogP contribution < -0.4 is 9.47 Å². The molecule has 1 aliphatic rings. The summed E-state index contributed by atoms with van der Waals surface area (Å²) in [5, 5.41) is 0. The number of ether oxygens (including phenoxy) is 2. The van der Waals surface area contributed by atoms with Crippen molar-refractivity contribution < 1.29 is 27.4 Å². The minimum absolute atomic E-state index is 0.231. The van der Waals surface area contributed by atoms with E-state index in [1.165, 1.54) is 20.3 Å². The number of hydrogen-bond donors (Lipinski definition) is 0. The van der Waals surface area contributed by atoms with Crippen molar-refractivity contribution in [1.82, 2.24) is 4.90 Å². The lowest BCUT2D eigenvalue weighted by molar-refractivity contribution is -0.137. The van der Waals surface area contributed by atoms with E-state index in [9.17, 15) is 18.0 Å². The van der Waals surface area contributed by atoms with Gasteiger partial charge in [0.1, 0.15) is 0 Å². The molecule has 0 aromatic heterocycles. The van der Waals surface area contributed by atoms with Crippen LogP contribution in [0.5, 0.6) is 11.5 Å². The predicted octanol–water partition coefficient (Wildman–Crippen LogP) is 6.07. The number of carbonyl (C=O) groups is 1. The van der Waals surface area contributed by atoms with Gasteiger partial charge in [0.2, 0.25) is 0 Å². The smallest absolute Gasteiger partial charge is 0.416 e. The van der Waals surface area contributed by atoms with Gasteiger partial charge in [0.05, 0.1) is 25.8 Å². The number of aryl methyl sites for hydroxylation is 1. The Labute approximate surface area is 196 Å².